The van der Waals surface area contributed by atoms with Crippen LogP contribution in [0.5, 0.6) is 5.75 Å². The van der Waals surface area contributed by atoms with Gasteiger partial charge in [0.05, 0.1) is 24.2 Å². The summed E-state index contributed by atoms with van der Waals surface area (Å²) in [6, 6.07) is 18.0. The minimum atomic E-state index is -3.85. The number of hydrogen-bond donors (Lipinski definition) is 0. The predicted molar refractivity (Wildman–Crippen MR) is 148 cm³/mol. The molecule has 9 nitrogen and oxygen atoms in total. The number of anilines is 1. The van der Waals surface area contributed by atoms with Crippen LogP contribution in [0.25, 0.3) is 11.3 Å². The van der Waals surface area contributed by atoms with Crippen molar-refractivity contribution in [1.29, 1.82) is 0 Å². The molecule has 2 aromatic carbocycles. The summed E-state index contributed by atoms with van der Waals surface area (Å²) in [5.41, 5.74) is 3.02. The van der Waals surface area contributed by atoms with Gasteiger partial charge in [-0.2, -0.15) is 4.31 Å². The number of hydrogen-bond acceptors (Lipinski definition) is 7. The van der Waals surface area contributed by atoms with Gasteiger partial charge in [-0.1, -0.05) is 36.8 Å². The number of carbonyl (C=O) groups excluding carboxylic acids is 1. The molecule has 3 aromatic rings. The summed E-state index contributed by atoms with van der Waals surface area (Å²) in [5.74, 6) is 1.13. The highest BCUT2D eigenvalue weighted by molar-refractivity contribution is 7.89. The van der Waals surface area contributed by atoms with Crippen LogP contribution in [0.3, 0.4) is 0 Å². The lowest BCUT2D eigenvalue weighted by Gasteiger charge is -2.36. The van der Waals surface area contributed by atoms with Crippen molar-refractivity contribution in [3.63, 3.8) is 0 Å². The van der Waals surface area contributed by atoms with E-state index in [1.807, 2.05) is 57.2 Å². The van der Waals surface area contributed by atoms with E-state index in [4.69, 9.17) is 4.74 Å². The van der Waals surface area contributed by atoms with Gasteiger partial charge in [0.25, 0.3) is 0 Å². The number of sulfonamides is 1. The first-order valence-electron chi connectivity index (χ1n) is 12.8. The molecular formula is C28H35N5O4S. The number of piperazine rings is 1. The lowest BCUT2D eigenvalue weighted by Crippen LogP contribution is -2.53. The van der Waals surface area contributed by atoms with Crippen molar-refractivity contribution in [3.05, 3.63) is 66.2 Å². The fraction of sp³-hybridized carbons (Fsp3) is 0.393. The molecule has 0 N–H and O–H groups in total. The van der Waals surface area contributed by atoms with Gasteiger partial charge < -0.3 is 14.5 Å². The van der Waals surface area contributed by atoms with Gasteiger partial charge in [-0.15, -0.1) is 10.2 Å². The summed E-state index contributed by atoms with van der Waals surface area (Å²) >= 11 is 0. The summed E-state index contributed by atoms with van der Waals surface area (Å²) in [5, 5.41) is 8.80. The molecule has 1 aliphatic rings. The van der Waals surface area contributed by atoms with Crippen molar-refractivity contribution in [3.8, 4) is 17.0 Å². The topological polar surface area (TPSA) is 95.9 Å². The summed E-state index contributed by atoms with van der Waals surface area (Å²) < 4.78 is 33.3. The smallest absolute Gasteiger partial charge is 0.243 e. The van der Waals surface area contributed by atoms with Crippen molar-refractivity contribution in [2.45, 2.75) is 38.1 Å². The fourth-order valence-electron chi connectivity index (χ4n) is 4.35. The Labute approximate surface area is 225 Å². The Balaban J connectivity index is 1.39. The third-order valence-corrected chi connectivity index (χ3v) is 8.97. The van der Waals surface area contributed by atoms with E-state index in [0.29, 0.717) is 38.3 Å². The predicted octanol–water partition coefficient (Wildman–Crippen LogP) is 3.60. The Hall–Kier alpha value is -3.50. The van der Waals surface area contributed by atoms with Gasteiger partial charge in [0, 0.05) is 37.8 Å². The van der Waals surface area contributed by atoms with Crippen molar-refractivity contribution in [2.24, 2.45) is 0 Å². The second-order valence-electron chi connectivity index (χ2n) is 9.49. The van der Waals surface area contributed by atoms with E-state index in [2.05, 4.69) is 15.1 Å². The molecule has 0 bridgehead atoms. The molecule has 0 saturated carbocycles. The first kappa shape index (κ1) is 27.5. The fourth-order valence-corrected chi connectivity index (χ4v) is 6.01. The van der Waals surface area contributed by atoms with E-state index in [1.54, 1.807) is 17.0 Å². The molecule has 1 aromatic heterocycles. The molecule has 0 spiro atoms. The van der Waals surface area contributed by atoms with Crippen LogP contribution in [0.15, 0.2) is 65.6 Å². The lowest BCUT2D eigenvalue weighted by molar-refractivity contribution is -0.132. The number of aryl methyl sites for hydroxylation is 1. The van der Waals surface area contributed by atoms with Gasteiger partial charge in [-0.25, -0.2) is 8.42 Å². The van der Waals surface area contributed by atoms with E-state index < -0.39 is 10.0 Å². The molecule has 4 rings (SSSR count). The summed E-state index contributed by atoms with van der Waals surface area (Å²) in [6.45, 7) is 7.74. The van der Waals surface area contributed by atoms with Gasteiger partial charge in [-0.05, 0) is 56.7 Å². The number of ether oxygens (including phenoxy) is 1. The Morgan fingerprint density at radius 3 is 2.18 bits per heavy atom. The second-order valence-corrected chi connectivity index (χ2v) is 11.4. The maximum Gasteiger partial charge on any atom is 0.243 e. The molecule has 0 aliphatic carbocycles. The van der Waals surface area contributed by atoms with Crippen LogP contribution < -0.4 is 9.64 Å². The molecule has 1 aliphatic heterocycles. The highest BCUT2D eigenvalue weighted by atomic mass is 32.2. The largest absolute Gasteiger partial charge is 0.497 e. The zero-order valence-electron chi connectivity index (χ0n) is 22.4. The molecule has 0 radical (unpaired) electrons. The van der Waals surface area contributed by atoms with E-state index in [-0.39, 0.29) is 23.4 Å². The average molecular weight is 538 g/mol. The van der Waals surface area contributed by atoms with Crippen LogP contribution in [-0.4, -0.2) is 79.6 Å². The summed E-state index contributed by atoms with van der Waals surface area (Å²) in [4.78, 5) is 17.2. The number of aromatic nitrogens is 2. The highest BCUT2D eigenvalue weighted by Crippen LogP contribution is 2.23. The third-order valence-electron chi connectivity index (χ3n) is 6.99. The number of amides is 1. The lowest BCUT2D eigenvalue weighted by atomic mass is 10.1. The van der Waals surface area contributed by atoms with Crippen molar-refractivity contribution < 1.29 is 17.9 Å². The van der Waals surface area contributed by atoms with Crippen molar-refractivity contribution in [2.75, 3.05) is 44.7 Å². The number of methoxy groups -OCH3 is 1. The third kappa shape index (κ3) is 6.14. The minimum absolute atomic E-state index is 0.142. The molecule has 2 heterocycles. The summed E-state index contributed by atoms with van der Waals surface area (Å²) in [7, 11) is -2.32. The Morgan fingerprint density at radius 1 is 0.974 bits per heavy atom. The average Bonchev–Trinajstić information content (AvgIpc) is 2.96. The van der Waals surface area contributed by atoms with Crippen molar-refractivity contribution >= 4 is 21.7 Å². The Kier molecular flexibility index (Phi) is 8.63. The summed E-state index contributed by atoms with van der Waals surface area (Å²) in [6.07, 6.45) is 0.591. The molecule has 1 amide bonds. The van der Waals surface area contributed by atoms with Gasteiger partial charge in [0.1, 0.15) is 5.75 Å². The molecule has 38 heavy (non-hydrogen) atoms. The zero-order chi connectivity index (χ0) is 27.3. The number of nitrogens with zero attached hydrogens (tertiary/aromatic N) is 5. The first-order valence-corrected chi connectivity index (χ1v) is 14.3. The van der Waals surface area contributed by atoms with E-state index in [0.717, 1.165) is 17.1 Å². The monoisotopic (exact) mass is 537 g/mol. The van der Waals surface area contributed by atoms with Crippen LogP contribution in [0.4, 0.5) is 5.82 Å². The number of benzene rings is 2. The van der Waals surface area contributed by atoms with E-state index in [9.17, 15) is 13.2 Å². The van der Waals surface area contributed by atoms with Crippen molar-refractivity contribution in [1.82, 2.24) is 19.4 Å². The maximum atomic E-state index is 13.4. The standard InChI is InChI=1S/C28H35N5O4S/c1-5-22(3)33(38(35,36)25-12-10-24(37-4)11-13-25)20-28(34)32-18-16-31(17-19-32)27-15-14-26(29-30-27)23-8-6-21(2)7-9-23/h6-15,22H,5,16-20H2,1-4H3/t22-/m0/s1. The first-order chi connectivity index (χ1) is 18.2. The van der Waals surface area contributed by atoms with Gasteiger partial charge in [0.2, 0.25) is 15.9 Å². The SMILES string of the molecule is CC[C@H](C)N(CC(=O)N1CCN(c2ccc(-c3ccc(C)cc3)nn2)CC1)S(=O)(=O)c1ccc(OC)cc1. The van der Waals surface area contributed by atoms with Crippen LogP contribution in [0, 0.1) is 6.92 Å². The van der Waals surface area contributed by atoms with Crippen LogP contribution in [0.1, 0.15) is 25.8 Å². The molecule has 1 fully saturated rings. The Morgan fingerprint density at radius 2 is 1.63 bits per heavy atom. The van der Waals surface area contributed by atoms with E-state index >= 15 is 0 Å². The minimum Gasteiger partial charge on any atom is -0.497 e. The van der Waals surface area contributed by atoms with Gasteiger partial charge in [-0.3, -0.25) is 4.79 Å². The highest BCUT2D eigenvalue weighted by Gasteiger charge is 2.32. The van der Waals surface area contributed by atoms with Crippen LogP contribution in [0.2, 0.25) is 0 Å². The second kappa shape index (κ2) is 11.9. The molecule has 10 heteroatoms. The normalized spacial score (nSPS) is 15.0. The number of carbonyl (C=O) groups is 1. The molecule has 1 saturated heterocycles. The molecule has 202 valence electrons. The molecule has 1 atom stereocenters. The molecular weight excluding hydrogens is 502 g/mol. The van der Waals surface area contributed by atoms with Gasteiger partial charge >= 0.3 is 0 Å². The Bertz CT molecular complexity index is 1320. The molecule has 0 unspecified atom stereocenters. The zero-order valence-corrected chi connectivity index (χ0v) is 23.2. The van der Waals surface area contributed by atoms with E-state index in [1.165, 1.54) is 29.1 Å². The number of rotatable bonds is 9. The quantitative estimate of drug-likeness (QED) is 0.412. The van der Waals surface area contributed by atoms with Gasteiger partial charge in [0.15, 0.2) is 5.82 Å². The maximum absolute atomic E-state index is 13.4. The van der Waals surface area contributed by atoms with Crippen LogP contribution in [-0.2, 0) is 14.8 Å². The van der Waals surface area contributed by atoms with Crippen LogP contribution >= 0.6 is 0 Å².